The van der Waals surface area contributed by atoms with Gasteiger partial charge in [0.05, 0.1) is 17.4 Å². The second-order valence-corrected chi connectivity index (χ2v) is 3.50. The molecule has 1 aromatic heterocycles. The molecule has 2 N–H and O–H groups in total. The molecule has 13 heavy (non-hydrogen) atoms. The summed E-state index contributed by atoms with van der Waals surface area (Å²) in [5.74, 6) is 0.651. The Kier molecular flexibility index (Phi) is 2.61. The molecule has 0 radical (unpaired) electrons. The highest BCUT2D eigenvalue weighted by Crippen LogP contribution is 2.08. The summed E-state index contributed by atoms with van der Waals surface area (Å²) >= 11 is 5.66. The lowest BCUT2D eigenvalue weighted by Gasteiger charge is -2.09. The SMILES string of the molecule is Clc1cnc(N[C@@H]2CCNC2)nc1. The van der Waals surface area contributed by atoms with E-state index in [4.69, 9.17) is 11.6 Å². The van der Waals surface area contributed by atoms with Gasteiger partial charge in [-0.25, -0.2) is 9.97 Å². The molecule has 0 unspecified atom stereocenters. The van der Waals surface area contributed by atoms with Gasteiger partial charge < -0.3 is 10.6 Å². The van der Waals surface area contributed by atoms with Crippen molar-refractivity contribution >= 4 is 17.5 Å². The first-order valence-electron chi connectivity index (χ1n) is 4.29. The second-order valence-electron chi connectivity index (χ2n) is 3.06. The summed E-state index contributed by atoms with van der Waals surface area (Å²) in [6.07, 6.45) is 4.31. The first-order valence-corrected chi connectivity index (χ1v) is 4.67. The summed E-state index contributed by atoms with van der Waals surface area (Å²) in [7, 11) is 0. The first kappa shape index (κ1) is 8.72. The van der Waals surface area contributed by atoms with E-state index in [1.165, 1.54) is 0 Å². The fourth-order valence-corrected chi connectivity index (χ4v) is 1.44. The molecule has 0 aliphatic carbocycles. The van der Waals surface area contributed by atoms with Crippen LogP contribution in [0.2, 0.25) is 5.02 Å². The number of nitrogens with one attached hydrogen (secondary N) is 2. The van der Waals surface area contributed by atoms with Crippen LogP contribution in [-0.2, 0) is 0 Å². The molecular formula is C8H11ClN4. The van der Waals surface area contributed by atoms with Crippen molar-refractivity contribution in [2.24, 2.45) is 0 Å². The van der Waals surface area contributed by atoms with E-state index in [1.54, 1.807) is 12.4 Å². The van der Waals surface area contributed by atoms with Crippen molar-refractivity contribution in [2.45, 2.75) is 12.5 Å². The Morgan fingerprint density at radius 1 is 1.46 bits per heavy atom. The topological polar surface area (TPSA) is 49.8 Å². The molecule has 1 aromatic rings. The first-order chi connectivity index (χ1) is 6.34. The van der Waals surface area contributed by atoms with Crippen LogP contribution in [0.4, 0.5) is 5.95 Å². The van der Waals surface area contributed by atoms with Gasteiger partial charge >= 0.3 is 0 Å². The van der Waals surface area contributed by atoms with Gasteiger partial charge in [0.2, 0.25) is 5.95 Å². The minimum absolute atomic E-state index is 0.446. The summed E-state index contributed by atoms with van der Waals surface area (Å²) in [5.41, 5.74) is 0. The van der Waals surface area contributed by atoms with Crippen molar-refractivity contribution in [2.75, 3.05) is 18.4 Å². The van der Waals surface area contributed by atoms with Crippen LogP contribution in [0.1, 0.15) is 6.42 Å². The summed E-state index contributed by atoms with van der Waals surface area (Å²) in [6.45, 7) is 2.04. The lowest BCUT2D eigenvalue weighted by atomic mass is 10.3. The van der Waals surface area contributed by atoms with Crippen LogP contribution >= 0.6 is 11.6 Å². The molecule has 0 spiro atoms. The monoisotopic (exact) mass is 198 g/mol. The Bertz CT molecular complexity index is 268. The van der Waals surface area contributed by atoms with Crippen molar-refractivity contribution in [3.63, 3.8) is 0 Å². The average Bonchev–Trinajstić information content (AvgIpc) is 2.62. The minimum atomic E-state index is 0.446. The number of aromatic nitrogens is 2. The van der Waals surface area contributed by atoms with Crippen LogP contribution in [0.5, 0.6) is 0 Å². The van der Waals surface area contributed by atoms with E-state index >= 15 is 0 Å². The molecule has 1 aliphatic rings. The summed E-state index contributed by atoms with van der Waals surface area (Å²) in [6, 6.07) is 0.446. The van der Waals surface area contributed by atoms with Crippen LogP contribution in [-0.4, -0.2) is 29.1 Å². The number of rotatable bonds is 2. The van der Waals surface area contributed by atoms with E-state index in [1.807, 2.05) is 0 Å². The molecule has 1 atom stereocenters. The van der Waals surface area contributed by atoms with Crippen molar-refractivity contribution in [1.29, 1.82) is 0 Å². The molecule has 4 nitrogen and oxygen atoms in total. The van der Waals surface area contributed by atoms with Crippen molar-refractivity contribution in [3.8, 4) is 0 Å². The quantitative estimate of drug-likeness (QED) is 0.742. The van der Waals surface area contributed by atoms with Crippen LogP contribution in [0.25, 0.3) is 0 Å². The van der Waals surface area contributed by atoms with Crippen molar-refractivity contribution in [1.82, 2.24) is 15.3 Å². The van der Waals surface area contributed by atoms with Gasteiger partial charge in [0.1, 0.15) is 0 Å². The van der Waals surface area contributed by atoms with E-state index in [2.05, 4.69) is 20.6 Å². The van der Waals surface area contributed by atoms with Gasteiger partial charge in [-0.2, -0.15) is 0 Å². The standard InChI is InChI=1S/C8H11ClN4/c9-6-3-11-8(12-4-6)13-7-1-2-10-5-7/h3-4,7,10H,1-2,5H2,(H,11,12,13)/t7-/m1/s1. The second kappa shape index (κ2) is 3.89. The van der Waals surface area contributed by atoms with Crippen molar-refractivity contribution < 1.29 is 0 Å². The Morgan fingerprint density at radius 2 is 2.23 bits per heavy atom. The molecule has 1 saturated heterocycles. The van der Waals surface area contributed by atoms with Gasteiger partial charge in [0.15, 0.2) is 0 Å². The smallest absolute Gasteiger partial charge is 0.222 e. The molecule has 2 rings (SSSR count). The van der Waals surface area contributed by atoms with Crippen LogP contribution in [0.3, 0.4) is 0 Å². The molecule has 1 aliphatic heterocycles. The van der Waals surface area contributed by atoms with Crippen LogP contribution < -0.4 is 10.6 Å². The van der Waals surface area contributed by atoms with Crippen LogP contribution in [0, 0.1) is 0 Å². The molecule has 0 saturated carbocycles. The Morgan fingerprint density at radius 3 is 2.85 bits per heavy atom. The maximum atomic E-state index is 5.66. The molecule has 5 heteroatoms. The zero-order valence-corrected chi connectivity index (χ0v) is 7.88. The fraction of sp³-hybridized carbons (Fsp3) is 0.500. The highest BCUT2D eigenvalue weighted by atomic mass is 35.5. The molecule has 2 heterocycles. The lowest BCUT2D eigenvalue weighted by molar-refractivity contribution is 0.780. The normalized spacial score (nSPS) is 21.8. The van der Waals surface area contributed by atoms with Gasteiger partial charge in [0, 0.05) is 12.6 Å². The third kappa shape index (κ3) is 2.29. The molecule has 0 amide bonds. The van der Waals surface area contributed by atoms with E-state index < -0.39 is 0 Å². The van der Waals surface area contributed by atoms with E-state index in [0.29, 0.717) is 17.0 Å². The predicted octanol–water partition coefficient (Wildman–Crippen LogP) is 0.904. The zero-order valence-electron chi connectivity index (χ0n) is 7.13. The van der Waals surface area contributed by atoms with Gasteiger partial charge in [-0.1, -0.05) is 11.6 Å². The number of hydrogen-bond acceptors (Lipinski definition) is 4. The van der Waals surface area contributed by atoms with Gasteiger partial charge in [0.25, 0.3) is 0 Å². The fourth-order valence-electron chi connectivity index (χ4n) is 1.35. The maximum absolute atomic E-state index is 5.66. The van der Waals surface area contributed by atoms with Crippen molar-refractivity contribution in [3.05, 3.63) is 17.4 Å². The summed E-state index contributed by atoms with van der Waals surface area (Å²) < 4.78 is 0. The minimum Gasteiger partial charge on any atom is -0.350 e. The number of anilines is 1. The molecule has 1 fully saturated rings. The molecule has 70 valence electrons. The predicted molar refractivity (Wildman–Crippen MR) is 51.9 cm³/mol. The van der Waals surface area contributed by atoms with E-state index in [0.717, 1.165) is 19.5 Å². The molecule has 0 bridgehead atoms. The Hall–Kier alpha value is -0.870. The van der Waals surface area contributed by atoms with E-state index in [-0.39, 0.29) is 0 Å². The summed E-state index contributed by atoms with van der Waals surface area (Å²) in [4.78, 5) is 8.12. The highest BCUT2D eigenvalue weighted by Gasteiger charge is 2.14. The lowest BCUT2D eigenvalue weighted by Crippen LogP contribution is -2.23. The van der Waals surface area contributed by atoms with Crippen LogP contribution in [0.15, 0.2) is 12.4 Å². The number of hydrogen-bond donors (Lipinski definition) is 2. The third-order valence-electron chi connectivity index (χ3n) is 2.01. The average molecular weight is 199 g/mol. The van der Waals surface area contributed by atoms with Gasteiger partial charge in [-0.05, 0) is 13.0 Å². The zero-order chi connectivity index (χ0) is 9.10. The molecule has 0 aromatic carbocycles. The molecular weight excluding hydrogens is 188 g/mol. The van der Waals surface area contributed by atoms with Gasteiger partial charge in [-0.3, -0.25) is 0 Å². The van der Waals surface area contributed by atoms with E-state index in [9.17, 15) is 0 Å². The summed E-state index contributed by atoms with van der Waals surface area (Å²) in [5, 5.41) is 7.05. The Balaban J connectivity index is 1.97. The number of nitrogens with zero attached hydrogens (tertiary/aromatic N) is 2. The third-order valence-corrected chi connectivity index (χ3v) is 2.21. The highest BCUT2D eigenvalue weighted by molar-refractivity contribution is 6.30. The largest absolute Gasteiger partial charge is 0.350 e. The van der Waals surface area contributed by atoms with Gasteiger partial charge in [-0.15, -0.1) is 0 Å². The Labute approximate surface area is 81.7 Å². The maximum Gasteiger partial charge on any atom is 0.222 e. The number of halogens is 1.